The first-order chi connectivity index (χ1) is 12.0. The highest BCUT2D eigenvalue weighted by Crippen LogP contribution is 2.37. The number of nitrogens with one attached hydrogen (secondary N) is 2. The largest absolute Gasteiger partial charge is 0.351 e. The van der Waals surface area contributed by atoms with Crippen LogP contribution in [0.25, 0.3) is 0 Å². The second-order valence-electron chi connectivity index (χ2n) is 6.32. The Labute approximate surface area is 150 Å². The van der Waals surface area contributed by atoms with Crippen molar-refractivity contribution in [3.05, 3.63) is 45.4 Å². The van der Waals surface area contributed by atoms with Gasteiger partial charge in [0, 0.05) is 18.2 Å². The maximum atomic E-state index is 12.5. The fraction of sp³-hybridized carbons (Fsp3) is 0.389. The number of anilines is 1. The molecule has 3 rings (SSSR count). The van der Waals surface area contributed by atoms with E-state index in [0.717, 1.165) is 16.3 Å². The Kier molecular flexibility index (Phi) is 5.33. The molecule has 1 aromatic carbocycles. The number of carbonyl (C=O) groups is 2. The van der Waals surface area contributed by atoms with Gasteiger partial charge in [-0.25, -0.2) is 9.78 Å². The van der Waals surface area contributed by atoms with E-state index < -0.39 is 6.03 Å². The van der Waals surface area contributed by atoms with Gasteiger partial charge in [0.15, 0.2) is 0 Å². The lowest BCUT2D eigenvalue weighted by Crippen LogP contribution is -2.22. The molecule has 0 radical (unpaired) electrons. The minimum atomic E-state index is -0.597. The molecule has 1 aromatic heterocycles. The van der Waals surface area contributed by atoms with Crippen LogP contribution in [0.3, 0.4) is 0 Å². The molecule has 25 heavy (non-hydrogen) atoms. The molecule has 132 valence electrons. The molecule has 1 heterocycles. The minimum Gasteiger partial charge on any atom is -0.351 e. The summed E-state index contributed by atoms with van der Waals surface area (Å²) in [5.41, 5.74) is 7.46. The molecule has 1 aliphatic rings. The normalized spacial score (nSPS) is 14.4. The van der Waals surface area contributed by atoms with E-state index >= 15 is 0 Å². The number of amides is 3. The van der Waals surface area contributed by atoms with Crippen LogP contribution in [-0.2, 0) is 6.54 Å². The summed E-state index contributed by atoms with van der Waals surface area (Å²) in [6.07, 6.45) is 4.87. The van der Waals surface area contributed by atoms with Gasteiger partial charge >= 0.3 is 6.03 Å². The van der Waals surface area contributed by atoms with Gasteiger partial charge in [0.1, 0.15) is 4.88 Å². The van der Waals surface area contributed by atoms with Gasteiger partial charge in [-0.1, -0.05) is 25.0 Å². The zero-order valence-electron chi connectivity index (χ0n) is 14.2. The predicted octanol–water partition coefficient (Wildman–Crippen LogP) is 3.53. The SMILES string of the molecule is Cc1nc(C2CCCC2)sc1C(=O)NCc1ccc(NC(N)=O)cc1. The van der Waals surface area contributed by atoms with Crippen molar-refractivity contribution >= 4 is 29.0 Å². The highest BCUT2D eigenvalue weighted by atomic mass is 32.1. The molecule has 0 aliphatic heterocycles. The molecule has 0 atom stereocenters. The standard InChI is InChI=1S/C18H22N4O2S/c1-11-15(25-17(21-11)13-4-2-3-5-13)16(23)20-10-12-6-8-14(9-7-12)22-18(19)24/h6-9,13H,2-5,10H2,1H3,(H,20,23)(H3,19,22,24). The number of aromatic nitrogens is 1. The first-order valence-corrected chi connectivity index (χ1v) is 9.25. The highest BCUT2D eigenvalue weighted by molar-refractivity contribution is 7.13. The Hall–Kier alpha value is -2.41. The van der Waals surface area contributed by atoms with Crippen LogP contribution in [0.1, 0.15) is 57.5 Å². The van der Waals surface area contributed by atoms with Gasteiger partial charge < -0.3 is 16.4 Å². The quantitative estimate of drug-likeness (QED) is 0.762. The fourth-order valence-electron chi connectivity index (χ4n) is 3.09. The van der Waals surface area contributed by atoms with Crippen LogP contribution in [0.5, 0.6) is 0 Å². The number of nitrogens with zero attached hydrogens (tertiary/aromatic N) is 1. The summed E-state index contributed by atoms with van der Waals surface area (Å²) < 4.78 is 0. The van der Waals surface area contributed by atoms with Gasteiger partial charge in [0.25, 0.3) is 5.91 Å². The summed E-state index contributed by atoms with van der Waals surface area (Å²) in [6.45, 7) is 2.32. The second-order valence-corrected chi connectivity index (χ2v) is 7.35. The van der Waals surface area contributed by atoms with E-state index in [2.05, 4.69) is 15.6 Å². The van der Waals surface area contributed by atoms with Crippen LogP contribution in [0, 0.1) is 6.92 Å². The number of aryl methyl sites for hydroxylation is 1. The average molecular weight is 358 g/mol. The van der Waals surface area contributed by atoms with Gasteiger partial charge in [0.2, 0.25) is 0 Å². The lowest BCUT2D eigenvalue weighted by atomic mass is 10.1. The van der Waals surface area contributed by atoms with E-state index in [1.54, 1.807) is 12.1 Å². The Balaban J connectivity index is 1.59. The maximum absolute atomic E-state index is 12.5. The van der Waals surface area contributed by atoms with Crippen LogP contribution in [0.4, 0.5) is 10.5 Å². The molecule has 1 aliphatic carbocycles. The first kappa shape index (κ1) is 17.4. The van der Waals surface area contributed by atoms with Crippen molar-refractivity contribution in [1.29, 1.82) is 0 Å². The summed E-state index contributed by atoms with van der Waals surface area (Å²) in [5.74, 6) is 0.439. The van der Waals surface area contributed by atoms with Gasteiger partial charge in [-0.15, -0.1) is 11.3 Å². The van der Waals surface area contributed by atoms with Crippen molar-refractivity contribution < 1.29 is 9.59 Å². The predicted molar refractivity (Wildman–Crippen MR) is 98.9 cm³/mol. The van der Waals surface area contributed by atoms with E-state index in [4.69, 9.17) is 5.73 Å². The van der Waals surface area contributed by atoms with Crippen molar-refractivity contribution in [3.8, 4) is 0 Å². The zero-order valence-corrected chi connectivity index (χ0v) is 15.0. The molecular weight excluding hydrogens is 336 g/mol. The molecule has 3 amide bonds. The van der Waals surface area contributed by atoms with Crippen LogP contribution in [0.2, 0.25) is 0 Å². The van der Waals surface area contributed by atoms with E-state index in [0.29, 0.717) is 23.0 Å². The van der Waals surface area contributed by atoms with Gasteiger partial charge in [0.05, 0.1) is 10.7 Å². The third-order valence-electron chi connectivity index (χ3n) is 4.40. The molecule has 6 nitrogen and oxygen atoms in total. The molecule has 1 saturated carbocycles. The second kappa shape index (κ2) is 7.65. The van der Waals surface area contributed by atoms with Crippen molar-refractivity contribution in [2.24, 2.45) is 5.73 Å². The summed E-state index contributed by atoms with van der Waals surface area (Å²) in [5, 5.41) is 6.54. The molecule has 0 saturated heterocycles. The maximum Gasteiger partial charge on any atom is 0.316 e. The summed E-state index contributed by atoms with van der Waals surface area (Å²) in [7, 11) is 0. The molecule has 0 unspecified atom stereocenters. The molecule has 0 spiro atoms. The van der Waals surface area contributed by atoms with Crippen molar-refractivity contribution in [1.82, 2.24) is 10.3 Å². The van der Waals surface area contributed by atoms with E-state index in [1.807, 2.05) is 19.1 Å². The van der Waals surface area contributed by atoms with E-state index in [1.165, 1.54) is 37.0 Å². The number of nitrogens with two attached hydrogens (primary N) is 1. The Morgan fingerprint density at radius 1 is 1.24 bits per heavy atom. The Morgan fingerprint density at radius 3 is 2.56 bits per heavy atom. The number of rotatable bonds is 5. The summed E-state index contributed by atoms with van der Waals surface area (Å²) in [4.78, 5) is 28.6. The number of urea groups is 1. The number of carbonyl (C=O) groups excluding carboxylic acids is 2. The average Bonchev–Trinajstić information content (AvgIpc) is 3.23. The van der Waals surface area contributed by atoms with Crippen LogP contribution < -0.4 is 16.4 Å². The number of thiazole rings is 1. The smallest absolute Gasteiger partial charge is 0.316 e. The van der Waals surface area contributed by atoms with Gasteiger partial charge in [-0.2, -0.15) is 0 Å². The fourth-order valence-corrected chi connectivity index (χ4v) is 4.24. The van der Waals surface area contributed by atoms with Crippen LogP contribution >= 0.6 is 11.3 Å². The highest BCUT2D eigenvalue weighted by Gasteiger charge is 2.23. The number of hydrogen-bond donors (Lipinski definition) is 3. The number of hydrogen-bond acceptors (Lipinski definition) is 4. The summed E-state index contributed by atoms with van der Waals surface area (Å²) >= 11 is 1.52. The van der Waals surface area contributed by atoms with Crippen molar-refractivity contribution in [3.63, 3.8) is 0 Å². The van der Waals surface area contributed by atoms with Gasteiger partial charge in [-0.05, 0) is 37.5 Å². The molecule has 1 fully saturated rings. The molecule has 7 heteroatoms. The van der Waals surface area contributed by atoms with E-state index in [-0.39, 0.29) is 5.91 Å². The zero-order chi connectivity index (χ0) is 17.8. The third-order valence-corrected chi connectivity index (χ3v) is 5.72. The Morgan fingerprint density at radius 2 is 1.92 bits per heavy atom. The van der Waals surface area contributed by atoms with Crippen molar-refractivity contribution in [2.75, 3.05) is 5.32 Å². The number of benzene rings is 1. The van der Waals surface area contributed by atoms with E-state index in [9.17, 15) is 9.59 Å². The first-order valence-electron chi connectivity index (χ1n) is 8.44. The van der Waals surface area contributed by atoms with Crippen LogP contribution in [-0.4, -0.2) is 16.9 Å². The topological polar surface area (TPSA) is 97.1 Å². The number of primary amides is 1. The molecular formula is C18H22N4O2S. The Bertz CT molecular complexity index is 764. The lowest BCUT2D eigenvalue weighted by Gasteiger charge is -2.06. The molecule has 0 bridgehead atoms. The molecule has 2 aromatic rings. The van der Waals surface area contributed by atoms with Crippen molar-refractivity contribution in [2.45, 2.75) is 45.1 Å². The monoisotopic (exact) mass is 358 g/mol. The molecule has 4 N–H and O–H groups in total. The van der Waals surface area contributed by atoms with Gasteiger partial charge in [-0.3, -0.25) is 4.79 Å². The summed E-state index contributed by atoms with van der Waals surface area (Å²) in [6, 6.07) is 6.59. The minimum absolute atomic E-state index is 0.0846. The lowest BCUT2D eigenvalue weighted by molar-refractivity contribution is 0.0954. The van der Waals surface area contributed by atoms with Crippen LogP contribution in [0.15, 0.2) is 24.3 Å². The third kappa shape index (κ3) is 4.36.